The van der Waals surface area contributed by atoms with Crippen LogP contribution in [0.5, 0.6) is 0 Å². The Hall–Kier alpha value is -1.14. The first kappa shape index (κ1) is 16.9. The standard InChI is InChI=1S/C12H22O6/c1-2-3-4-5-6-7-12(17,18)9(11(15)16)8-10(13)14/h9,17-18H,2-8H2,1H3,(H,13,14)(H,15,16). The topological polar surface area (TPSA) is 115 Å². The zero-order valence-electron chi connectivity index (χ0n) is 10.6. The molecule has 1 unspecified atom stereocenters. The third-order valence-corrected chi connectivity index (χ3v) is 2.88. The van der Waals surface area contributed by atoms with Gasteiger partial charge in [0.25, 0.3) is 0 Å². The molecule has 18 heavy (non-hydrogen) atoms. The molecular weight excluding hydrogens is 240 g/mol. The highest BCUT2D eigenvalue weighted by Crippen LogP contribution is 2.25. The smallest absolute Gasteiger partial charge is 0.312 e. The molecule has 0 aliphatic heterocycles. The van der Waals surface area contributed by atoms with Crippen molar-refractivity contribution in [3.8, 4) is 0 Å². The molecule has 0 aromatic carbocycles. The van der Waals surface area contributed by atoms with E-state index in [0.29, 0.717) is 6.42 Å². The zero-order valence-corrected chi connectivity index (χ0v) is 10.6. The second kappa shape index (κ2) is 8.05. The molecule has 0 aromatic heterocycles. The summed E-state index contributed by atoms with van der Waals surface area (Å²) in [7, 11) is 0. The van der Waals surface area contributed by atoms with Crippen LogP contribution < -0.4 is 0 Å². The van der Waals surface area contributed by atoms with Crippen molar-refractivity contribution in [3.63, 3.8) is 0 Å². The van der Waals surface area contributed by atoms with Gasteiger partial charge in [-0.2, -0.15) is 0 Å². The van der Waals surface area contributed by atoms with Crippen LogP contribution in [0.4, 0.5) is 0 Å². The molecule has 6 heteroatoms. The van der Waals surface area contributed by atoms with Crippen molar-refractivity contribution in [2.45, 2.75) is 57.7 Å². The number of aliphatic carboxylic acids is 2. The van der Waals surface area contributed by atoms with Crippen LogP contribution in [0.1, 0.15) is 51.9 Å². The molecule has 0 radical (unpaired) electrons. The minimum absolute atomic E-state index is 0.124. The summed E-state index contributed by atoms with van der Waals surface area (Å²) in [6.45, 7) is 2.05. The summed E-state index contributed by atoms with van der Waals surface area (Å²) in [5.41, 5.74) is 0. The molecule has 106 valence electrons. The molecule has 4 N–H and O–H groups in total. The van der Waals surface area contributed by atoms with E-state index >= 15 is 0 Å². The third kappa shape index (κ3) is 6.56. The SMILES string of the molecule is CCCCCCCC(O)(O)C(CC(=O)O)C(=O)O. The van der Waals surface area contributed by atoms with Crippen molar-refractivity contribution in [1.82, 2.24) is 0 Å². The van der Waals surface area contributed by atoms with E-state index in [9.17, 15) is 19.8 Å². The van der Waals surface area contributed by atoms with Crippen LogP contribution in [0.2, 0.25) is 0 Å². The fourth-order valence-corrected chi connectivity index (χ4v) is 1.79. The Labute approximate surface area is 106 Å². The molecular formula is C12H22O6. The Kier molecular flexibility index (Phi) is 7.54. The summed E-state index contributed by atoms with van der Waals surface area (Å²) in [6, 6.07) is 0. The predicted molar refractivity (Wildman–Crippen MR) is 63.9 cm³/mol. The van der Waals surface area contributed by atoms with Gasteiger partial charge in [-0.25, -0.2) is 0 Å². The second-order valence-corrected chi connectivity index (χ2v) is 4.53. The number of rotatable bonds is 10. The number of hydrogen-bond donors (Lipinski definition) is 4. The van der Waals surface area contributed by atoms with E-state index in [1.807, 2.05) is 0 Å². The van der Waals surface area contributed by atoms with Crippen molar-refractivity contribution < 1.29 is 30.0 Å². The first-order valence-corrected chi connectivity index (χ1v) is 6.20. The normalized spacial score (nSPS) is 13.3. The van der Waals surface area contributed by atoms with Crippen LogP contribution in [0.15, 0.2) is 0 Å². The molecule has 0 fully saturated rings. The number of carbonyl (C=O) groups is 2. The highest BCUT2D eigenvalue weighted by atomic mass is 16.5. The molecule has 0 rings (SSSR count). The lowest BCUT2D eigenvalue weighted by Crippen LogP contribution is -2.43. The van der Waals surface area contributed by atoms with Crippen LogP contribution in [-0.4, -0.2) is 38.2 Å². The first-order valence-electron chi connectivity index (χ1n) is 6.20. The molecule has 1 atom stereocenters. The molecule has 0 aromatic rings. The number of carboxylic acid groups (broad SMARTS) is 2. The number of hydrogen-bond acceptors (Lipinski definition) is 4. The lowest BCUT2D eigenvalue weighted by atomic mass is 9.90. The average molecular weight is 262 g/mol. The van der Waals surface area contributed by atoms with Gasteiger partial charge in [-0.05, 0) is 6.42 Å². The van der Waals surface area contributed by atoms with Gasteiger partial charge in [0.05, 0.1) is 6.42 Å². The number of carboxylic acids is 2. The number of aliphatic hydroxyl groups is 2. The molecule has 0 saturated carbocycles. The van der Waals surface area contributed by atoms with Crippen LogP contribution >= 0.6 is 0 Å². The minimum atomic E-state index is -2.46. The molecule has 0 bridgehead atoms. The molecule has 0 aliphatic rings. The summed E-state index contributed by atoms with van der Waals surface area (Å²) in [5, 5.41) is 36.7. The van der Waals surface area contributed by atoms with E-state index in [1.54, 1.807) is 0 Å². The van der Waals surface area contributed by atoms with E-state index < -0.39 is 30.1 Å². The van der Waals surface area contributed by atoms with E-state index in [0.717, 1.165) is 25.7 Å². The van der Waals surface area contributed by atoms with Gasteiger partial charge in [0.1, 0.15) is 5.92 Å². The van der Waals surface area contributed by atoms with Crippen molar-refractivity contribution in [1.29, 1.82) is 0 Å². The Bertz CT molecular complexity index is 274. The van der Waals surface area contributed by atoms with Crippen molar-refractivity contribution in [3.05, 3.63) is 0 Å². The lowest BCUT2D eigenvalue weighted by Gasteiger charge is -2.27. The molecule has 6 nitrogen and oxygen atoms in total. The van der Waals surface area contributed by atoms with E-state index in [1.165, 1.54) is 0 Å². The van der Waals surface area contributed by atoms with Crippen molar-refractivity contribution in [2.24, 2.45) is 5.92 Å². The summed E-state index contributed by atoms with van der Waals surface area (Å²) in [5.74, 6) is -7.02. The summed E-state index contributed by atoms with van der Waals surface area (Å²) >= 11 is 0. The van der Waals surface area contributed by atoms with Gasteiger partial charge in [0, 0.05) is 6.42 Å². The molecule has 0 spiro atoms. The van der Waals surface area contributed by atoms with Gasteiger partial charge >= 0.3 is 11.9 Å². The van der Waals surface area contributed by atoms with E-state index in [4.69, 9.17) is 10.2 Å². The van der Waals surface area contributed by atoms with Gasteiger partial charge in [0.15, 0.2) is 5.79 Å². The monoisotopic (exact) mass is 262 g/mol. The quantitative estimate of drug-likeness (QED) is 0.347. The molecule has 0 amide bonds. The fraction of sp³-hybridized carbons (Fsp3) is 0.833. The highest BCUT2D eigenvalue weighted by molar-refractivity contribution is 5.78. The van der Waals surface area contributed by atoms with Gasteiger partial charge in [-0.1, -0.05) is 32.6 Å². The predicted octanol–water partition coefficient (Wildman–Crippen LogP) is 1.20. The fourth-order valence-electron chi connectivity index (χ4n) is 1.79. The highest BCUT2D eigenvalue weighted by Gasteiger charge is 2.40. The third-order valence-electron chi connectivity index (χ3n) is 2.88. The molecule has 0 saturated heterocycles. The van der Waals surface area contributed by atoms with Crippen molar-refractivity contribution in [2.75, 3.05) is 0 Å². The maximum atomic E-state index is 10.8. The Morgan fingerprint density at radius 2 is 1.61 bits per heavy atom. The van der Waals surface area contributed by atoms with E-state index in [-0.39, 0.29) is 6.42 Å². The Balaban J connectivity index is 4.27. The van der Waals surface area contributed by atoms with Gasteiger partial charge in [0.2, 0.25) is 0 Å². The number of unbranched alkanes of at least 4 members (excludes halogenated alkanes) is 4. The van der Waals surface area contributed by atoms with Gasteiger partial charge in [-0.15, -0.1) is 0 Å². The second-order valence-electron chi connectivity index (χ2n) is 4.53. The Morgan fingerprint density at radius 3 is 2.06 bits per heavy atom. The minimum Gasteiger partial charge on any atom is -0.481 e. The summed E-state index contributed by atoms with van der Waals surface area (Å²) in [4.78, 5) is 21.3. The van der Waals surface area contributed by atoms with Crippen LogP contribution in [-0.2, 0) is 9.59 Å². The van der Waals surface area contributed by atoms with Crippen LogP contribution in [0.3, 0.4) is 0 Å². The zero-order chi connectivity index (χ0) is 14.2. The Morgan fingerprint density at radius 1 is 1.06 bits per heavy atom. The summed E-state index contributed by atoms with van der Waals surface area (Å²) in [6.07, 6.45) is 3.37. The summed E-state index contributed by atoms with van der Waals surface area (Å²) < 4.78 is 0. The molecule has 0 heterocycles. The van der Waals surface area contributed by atoms with Crippen LogP contribution in [0, 0.1) is 5.92 Å². The van der Waals surface area contributed by atoms with Gasteiger partial charge in [-0.3, -0.25) is 9.59 Å². The van der Waals surface area contributed by atoms with Crippen LogP contribution in [0.25, 0.3) is 0 Å². The van der Waals surface area contributed by atoms with Crippen molar-refractivity contribution >= 4 is 11.9 Å². The lowest BCUT2D eigenvalue weighted by molar-refractivity contribution is -0.216. The van der Waals surface area contributed by atoms with E-state index in [2.05, 4.69) is 6.92 Å². The first-order chi connectivity index (χ1) is 8.31. The maximum Gasteiger partial charge on any atom is 0.312 e. The molecule has 0 aliphatic carbocycles. The largest absolute Gasteiger partial charge is 0.481 e. The average Bonchev–Trinajstić information content (AvgIpc) is 2.24. The maximum absolute atomic E-state index is 10.8. The van der Waals surface area contributed by atoms with Gasteiger partial charge < -0.3 is 20.4 Å².